The van der Waals surface area contributed by atoms with E-state index in [0.717, 1.165) is 0 Å². The van der Waals surface area contributed by atoms with Gasteiger partial charge in [0, 0.05) is 26.3 Å². The summed E-state index contributed by atoms with van der Waals surface area (Å²) in [4.78, 5) is 1.62. The van der Waals surface area contributed by atoms with Crippen LogP contribution in [0.25, 0.3) is 0 Å². The lowest BCUT2D eigenvalue weighted by Gasteiger charge is -2.34. The van der Waals surface area contributed by atoms with Gasteiger partial charge in [0.2, 0.25) is 0 Å². The van der Waals surface area contributed by atoms with Crippen molar-refractivity contribution < 1.29 is 13.2 Å². The molecule has 1 aromatic rings. The highest BCUT2D eigenvalue weighted by Gasteiger charge is 2.42. The van der Waals surface area contributed by atoms with Gasteiger partial charge >= 0.3 is 6.18 Å². The maximum absolute atomic E-state index is 12.7. The van der Waals surface area contributed by atoms with Gasteiger partial charge in [-0.3, -0.25) is 4.68 Å². The van der Waals surface area contributed by atoms with E-state index < -0.39 is 12.1 Å². The lowest BCUT2D eigenvalue weighted by molar-refractivity contribution is -0.176. The smallest absolute Gasteiger partial charge is 0.393 e. The number of nitrogens with zero attached hydrogens (tertiary/aromatic N) is 3. The van der Waals surface area contributed by atoms with Gasteiger partial charge in [-0.05, 0) is 12.8 Å². The first-order valence-corrected chi connectivity index (χ1v) is 5.48. The maximum atomic E-state index is 12.7. The number of hydrogen-bond donors (Lipinski definition) is 1. The predicted molar refractivity (Wildman–Crippen MR) is 58.6 cm³/mol. The fourth-order valence-electron chi connectivity index (χ4n) is 2.18. The van der Waals surface area contributed by atoms with Crippen LogP contribution < -0.4 is 10.6 Å². The van der Waals surface area contributed by atoms with E-state index in [-0.39, 0.29) is 13.0 Å². The molecule has 2 rings (SSSR count). The minimum absolute atomic E-state index is 0.0509. The average molecular weight is 248 g/mol. The molecule has 0 spiro atoms. The summed E-state index contributed by atoms with van der Waals surface area (Å²) in [5, 5.41) is 4.10. The van der Waals surface area contributed by atoms with E-state index in [9.17, 15) is 13.2 Å². The van der Waals surface area contributed by atoms with E-state index in [2.05, 4.69) is 5.10 Å². The molecule has 2 heterocycles. The molecule has 7 heteroatoms. The third-order valence-corrected chi connectivity index (χ3v) is 3.02. The highest BCUT2D eigenvalue weighted by atomic mass is 19.4. The highest BCUT2D eigenvalue weighted by Crippen LogP contribution is 2.35. The summed E-state index contributed by atoms with van der Waals surface area (Å²) in [7, 11) is 1.70. The molecule has 2 N–H and O–H groups in total. The van der Waals surface area contributed by atoms with Crippen LogP contribution in [0.2, 0.25) is 0 Å². The molecule has 17 heavy (non-hydrogen) atoms. The molecule has 0 aliphatic carbocycles. The maximum Gasteiger partial charge on any atom is 0.393 e. The molecular weight excluding hydrogens is 233 g/mol. The molecule has 96 valence electrons. The Balaban J connectivity index is 2.15. The molecule has 4 nitrogen and oxygen atoms in total. The first-order chi connectivity index (χ1) is 7.88. The standard InChI is InChI=1S/C10H15F3N4/c1-16-6-8(14)9(15-16)17-4-2-3-7(5-17)10(11,12)13/h6-7H,2-5,14H2,1H3. The molecule has 0 radical (unpaired) electrons. The number of aromatic nitrogens is 2. The number of anilines is 2. The molecule has 0 aromatic carbocycles. The van der Waals surface area contributed by atoms with Gasteiger partial charge in [0.1, 0.15) is 0 Å². The Bertz CT molecular complexity index is 399. The Morgan fingerprint density at radius 3 is 2.71 bits per heavy atom. The molecule has 1 unspecified atom stereocenters. The first kappa shape index (κ1) is 12.1. The number of halogens is 3. The van der Waals surface area contributed by atoms with Gasteiger partial charge in [-0.2, -0.15) is 18.3 Å². The van der Waals surface area contributed by atoms with E-state index >= 15 is 0 Å². The third kappa shape index (κ3) is 2.48. The number of hydrogen-bond acceptors (Lipinski definition) is 3. The lowest BCUT2D eigenvalue weighted by atomic mass is 9.97. The van der Waals surface area contributed by atoms with Crippen molar-refractivity contribution >= 4 is 11.5 Å². The summed E-state index contributed by atoms with van der Waals surface area (Å²) in [6.07, 6.45) is -1.83. The molecule has 0 amide bonds. The Kier molecular flexibility index (Phi) is 2.92. The minimum atomic E-state index is -4.14. The van der Waals surface area contributed by atoms with Gasteiger partial charge in [0.05, 0.1) is 11.6 Å². The fraction of sp³-hybridized carbons (Fsp3) is 0.700. The molecule has 1 saturated heterocycles. The second kappa shape index (κ2) is 4.12. The van der Waals surface area contributed by atoms with E-state index in [1.807, 2.05) is 0 Å². The summed E-state index contributed by atoms with van der Waals surface area (Å²) in [6.45, 7) is 0.526. The lowest BCUT2D eigenvalue weighted by Crippen LogP contribution is -2.42. The summed E-state index contributed by atoms with van der Waals surface area (Å²) in [5.74, 6) is -0.820. The van der Waals surface area contributed by atoms with Crippen molar-refractivity contribution in [2.45, 2.75) is 19.0 Å². The second-order valence-corrected chi connectivity index (χ2v) is 4.41. The van der Waals surface area contributed by atoms with Crippen LogP contribution in [0, 0.1) is 5.92 Å². The number of aryl methyl sites for hydroxylation is 1. The van der Waals surface area contributed by atoms with Gasteiger partial charge in [0.25, 0.3) is 0 Å². The van der Waals surface area contributed by atoms with Crippen molar-refractivity contribution in [1.82, 2.24) is 9.78 Å². The van der Waals surface area contributed by atoms with E-state index in [1.165, 1.54) is 4.68 Å². The van der Waals surface area contributed by atoms with Crippen molar-refractivity contribution in [3.05, 3.63) is 6.20 Å². The minimum Gasteiger partial charge on any atom is -0.394 e. The van der Waals surface area contributed by atoms with Gasteiger partial charge in [-0.15, -0.1) is 0 Å². The Hall–Kier alpha value is -1.40. The van der Waals surface area contributed by atoms with Crippen LogP contribution in [-0.2, 0) is 7.05 Å². The van der Waals surface area contributed by atoms with Crippen LogP contribution in [0.1, 0.15) is 12.8 Å². The molecule has 1 aromatic heterocycles. The number of nitrogens with two attached hydrogens (primary N) is 1. The van der Waals surface area contributed by atoms with E-state index in [0.29, 0.717) is 24.5 Å². The average Bonchev–Trinajstić information content (AvgIpc) is 2.57. The summed E-state index contributed by atoms with van der Waals surface area (Å²) in [5.41, 5.74) is 6.15. The monoisotopic (exact) mass is 248 g/mol. The Morgan fingerprint density at radius 1 is 1.47 bits per heavy atom. The van der Waals surface area contributed by atoms with Crippen molar-refractivity contribution in [2.24, 2.45) is 13.0 Å². The number of piperidine rings is 1. The number of alkyl halides is 3. The largest absolute Gasteiger partial charge is 0.394 e. The third-order valence-electron chi connectivity index (χ3n) is 3.02. The molecule has 0 saturated carbocycles. The zero-order valence-corrected chi connectivity index (χ0v) is 9.54. The summed E-state index contributed by atoms with van der Waals surface area (Å²) < 4.78 is 39.5. The predicted octanol–water partition coefficient (Wildman–Crippen LogP) is 1.78. The molecule has 1 aliphatic heterocycles. The SMILES string of the molecule is Cn1cc(N)c(N2CCCC(C(F)(F)F)C2)n1. The quantitative estimate of drug-likeness (QED) is 0.824. The van der Waals surface area contributed by atoms with Crippen molar-refractivity contribution in [3.8, 4) is 0 Å². The van der Waals surface area contributed by atoms with Gasteiger partial charge < -0.3 is 10.6 Å². The molecular formula is C10H15F3N4. The van der Waals surface area contributed by atoms with E-state index in [1.54, 1.807) is 18.1 Å². The van der Waals surface area contributed by atoms with Crippen LogP contribution in [0.3, 0.4) is 0 Å². The zero-order valence-electron chi connectivity index (χ0n) is 9.54. The second-order valence-electron chi connectivity index (χ2n) is 4.41. The highest BCUT2D eigenvalue weighted by molar-refractivity contribution is 5.61. The number of nitrogen functional groups attached to an aromatic ring is 1. The van der Waals surface area contributed by atoms with Crippen molar-refractivity contribution in [1.29, 1.82) is 0 Å². The molecule has 0 bridgehead atoms. The molecule has 1 aliphatic rings. The zero-order chi connectivity index (χ0) is 12.6. The summed E-state index contributed by atoms with van der Waals surface area (Å²) in [6, 6.07) is 0. The normalized spacial score (nSPS) is 21.9. The van der Waals surface area contributed by atoms with E-state index in [4.69, 9.17) is 5.73 Å². The van der Waals surface area contributed by atoms with Crippen molar-refractivity contribution in [3.63, 3.8) is 0 Å². The topological polar surface area (TPSA) is 47.1 Å². The summed E-state index contributed by atoms with van der Waals surface area (Å²) >= 11 is 0. The Labute approximate surface area is 97.2 Å². The van der Waals surface area contributed by atoms with Crippen LogP contribution in [0.4, 0.5) is 24.7 Å². The van der Waals surface area contributed by atoms with Crippen molar-refractivity contribution in [2.75, 3.05) is 23.7 Å². The van der Waals surface area contributed by atoms with Crippen LogP contribution in [0.5, 0.6) is 0 Å². The van der Waals surface area contributed by atoms with Gasteiger partial charge in [-0.1, -0.05) is 0 Å². The number of rotatable bonds is 1. The van der Waals surface area contributed by atoms with Crippen LogP contribution >= 0.6 is 0 Å². The van der Waals surface area contributed by atoms with Gasteiger partial charge in [0.15, 0.2) is 5.82 Å². The molecule has 1 fully saturated rings. The fourth-order valence-corrected chi connectivity index (χ4v) is 2.18. The van der Waals surface area contributed by atoms with Crippen LogP contribution in [-0.4, -0.2) is 29.0 Å². The first-order valence-electron chi connectivity index (χ1n) is 5.48. The van der Waals surface area contributed by atoms with Crippen LogP contribution in [0.15, 0.2) is 6.20 Å². The van der Waals surface area contributed by atoms with Gasteiger partial charge in [-0.25, -0.2) is 0 Å². The molecule has 1 atom stereocenters. The Morgan fingerprint density at radius 2 is 2.18 bits per heavy atom.